The minimum atomic E-state index is 0.608. The summed E-state index contributed by atoms with van der Waals surface area (Å²) < 4.78 is 0. The minimum absolute atomic E-state index is 0.608. The van der Waals surface area contributed by atoms with E-state index in [-0.39, 0.29) is 0 Å². The van der Waals surface area contributed by atoms with E-state index >= 15 is 0 Å². The first-order chi connectivity index (χ1) is 35.4. The number of fused-ring (bicyclic) bond motifs is 4. The number of hydrogen-bond acceptors (Lipinski definition) is 6. The number of benzene rings is 7. The van der Waals surface area contributed by atoms with Gasteiger partial charge in [-0.05, 0) is 246 Å². The third kappa shape index (κ3) is 7.27. The molecule has 6 nitrogen and oxygen atoms in total. The van der Waals surface area contributed by atoms with E-state index in [4.69, 9.17) is 19.9 Å². The average molecular weight is 969 g/mol. The highest BCUT2D eigenvalue weighted by molar-refractivity contribution is 6.01. The normalized spacial score (nSPS) is 12.7. The molecule has 0 unspecified atom stereocenters. The fourth-order valence-corrected chi connectivity index (χ4v) is 12.4. The number of nitrogens with zero attached hydrogens (tertiary/aromatic N) is 6. The van der Waals surface area contributed by atoms with Crippen LogP contribution in [0.25, 0.3) is 45.3 Å². The highest BCUT2D eigenvalue weighted by Gasteiger charge is 2.37. The predicted octanol–water partition coefficient (Wildman–Crippen LogP) is 17.6. The molecule has 0 spiro atoms. The predicted molar refractivity (Wildman–Crippen MR) is 310 cm³/mol. The first-order valence-corrected chi connectivity index (χ1v) is 26.3. The van der Waals surface area contributed by atoms with E-state index in [0.29, 0.717) is 17.5 Å². The van der Waals surface area contributed by atoms with Crippen molar-refractivity contribution < 1.29 is 0 Å². The standard InChI is InChI=1S/C68H68N6/c1-35-39(5)47(13)62-54(43(35)9)32-55-44(10)36(2)40(6)48(14)63(55)73(62)60-28-27-53(68-71-66(51-23-19-17-20-24-51)70-67(72-68)52-25-21-18-22-26-52)31-58(60)59-34-69-30-29-61(59)74-64-49(15)41(7)37(3)45(11)56(64)33-57-46(12)38(4)42(8)50(16)65(57)74/h17-31,34H,32-33H2,1-16H3. The Balaban J connectivity index is 1.29. The zero-order valence-corrected chi connectivity index (χ0v) is 46.3. The Morgan fingerprint density at radius 1 is 0.311 bits per heavy atom. The van der Waals surface area contributed by atoms with Gasteiger partial charge in [0.2, 0.25) is 0 Å². The van der Waals surface area contributed by atoms with E-state index < -0.39 is 0 Å². The van der Waals surface area contributed by atoms with Crippen LogP contribution >= 0.6 is 0 Å². The van der Waals surface area contributed by atoms with E-state index in [2.05, 4.69) is 175 Å². The lowest BCUT2D eigenvalue weighted by atomic mass is 9.80. The largest absolute Gasteiger partial charge is 0.309 e. The van der Waals surface area contributed by atoms with Crippen molar-refractivity contribution >= 4 is 34.1 Å². The van der Waals surface area contributed by atoms with E-state index in [1.165, 1.54) is 134 Å². The monoisotopic (exact) mass is 969 g/mol. The van der Waals surface area contributed by atoms with Crippen molar-refractivity contribution in [1.82, 2.24) is 19.9 Å². The summed E-state index contributed by atoms with van der Waals surface area (Å²) in [5, 5.41) is 0. The number of hydrogen-bond donors (Lipinski definition) is 0. The van der Waals surface area contributed by atoms with Gasteiger partial charge in [-0.15, -0.1) is 0 Å². The van der Waals surface area contributed by atoms with Crippen LogP contribution in [0.2, 0.25) is 0 Å². The molecule has 6 heteroatoms. The zero-order chi connectivity index (χ0) is 52.3. The summed E-state index contributed by atoms with van der Waals surface area (Å²) >= 11 is 0. The lowest BCUT2D eigenvalue weighted by Gasteiger charge is -2.42. The van der Waals surface area contributed by atoms with Gasteiger partial charge in [0, 0.05) is 53.1 Å². The Hall–Kier alpha value is -7.70. The second kappa shape index (κ2) is 18.1. The average Bonchev–Trinajstić information content (AvgIpc) is 3.44. The van der Waals surface area contributed by atoms with Gasteiger partial charge in [0.05, 0.1) is 34.1 Å². The molecule has 2 aliphatic heterocycles. The molecule has 0 saturated carbocycles. The molecule has 0 saturated heterocycles. The van der Waals surface area contributed by atoms with Crippen LogP contribution in [0.15, 0.2) is 97.3 Å². The first kappa shape index (κ1) is 48.6. The third-order valence-corrected chi connectivity index (χ3v) is 18.3. The summed E-state index contributed by atoms with van der Waals surface area (Å²) in [7, 11) is 0. The van der Waals surface area contributed by atoms with Gasteiger partial charge < -0.3 is 9.80 Å². The van der Waals surface area contributed by atoms with Crippen molar-refractivity contribution in [1.29, 1.82) is 0 Å². The van der Waals surface area contributed by atoms with Crippen LogP contribution in [-0.2, 0) is 12.8 Å². The van der Waals surface area contributed by atoms with Gasteiger partial charge in [-0.2, -0.15) is 0 Å². The smallest absolute Gasteiger partial charge is 0.164 e. The number of pyridine rings is 1. The van der Waals surface area contributed by atoms with Crippen LogP contribution in [0.1, 0.15) is 111 Å². The van der Waals surface area contributed by atoms with Crippen LogP contribution in [0.4, 0.5) is 34.1 Å². The van der Waals surface area contributed by atoms with Gasteiger partial charge in [-0.25, -0.2) is 15.0 Å². The molecule has 74 heavy (non-hydrogen) atoms. The molecule has 11 rings (SSSR count). The van der Waals surface area contributed by atoms with E-state index in [1.807, 2.05) is 42.6 Å². The van der Waals surface area contributed by atoms with E-state index in [0.717, 1.165) is 52.0 Å². The summed E-state index contributed by atoms with van der Waals surface area (Å²) in [4.78, 5) is 26.1. The lowest BCUT2D eigenvalue weighted by molar-refractivity contribution is 0.993. The molecule has 2 aromatic heterocycles. The Morgan fingerprint density at radius 2 is 0.635 bits per heavy atom. The molecule has 0 N–H and O–H groups in total. The van der Waals surface area contributed by atoms with Gasteiger partial charge in [0.25, 0.3) is 0 Å². The molecule has 0 atom stereocenters. The molecular weight excluding hydrogens is 901 g/mol. The van der Waals surface area contributed by atoms with Gasteiger partial charge in [0.1, 0.15) is 0 Å². The maximum absolute atomic E-state index is 5.33. The second-order valence-corrected chi connectivity index (χ2v) is 21.5. The van der Waals surface area contributed by atoms with Gasteiger partial charge in [-0.1, -0.05) is 60.7 Å². The van der Waals surface area contributed by atoms with E-state index in [1.54, 1.807) is 0 Å². The molecule has 370 valence electrons. The zero-order valence-electron chi connectivity index (χ0n) is 46.3. The summed E-state index contributed by atoms with van der Waals surface area (Å²) in [6.07, 6.45) is 5.85. The van der Waals surface area contributed by atoms with Gasteiger partial charge in [-0.3, -0.25) is 4.98 Å². The second-order valence-electron chi connectivity index (χ2n) is 21.5. The SMILES string of the molecule is Cc1c(C)c(C)c2c(c1C)Cc1c(C)c(C)c(C)c(C)c1N2c1ccncc1-c1cc(-c2nc(-c3ccccc3)nc(-c3ccccc3)n2)ccc1N1c2c(C)c(C)c(C)c(C)c2Cc2c(C)c(C)c(C)c(C)c21. The maximum Gasteiger partial charge on any atom is 0.164 e. The summed E-state index contributed by atoms with van der Waals surface area (Å²) in [5.74, 6) is 1.87. The quantitative estimate of drug-likeness (QED) is 0.165. The molecule has 0 fully saturated rings. The minimum Gasteiger partial charge on any atom is -0.309 e. The number of rotatable bonds is 6. The molecule has 4 heterocycles. The van der Waals surface area contributed by atoms with E-state index in [9.17, 15) is 0 Å². The lowest BCUT2D eigenvalue weighted by Crippen LogP contribution is -2.26. The van der Waals surface area contributed by atoms with Gasteiger partial charge >= 0.3 is 0 Å². The molecule has 7 aromatic carbocycles. The van der Waals surface area contributed by atoms with Gasteiger partial charge in [0.15, 0.2) is 17.5 Å². The highest BCUT2D eigenvalue weighted by atomic mass is 15.2. The van der Waals surface area contributed by atoms with Crippen molar-refractivity contribution in [2.45, 2.75) is 124 Å². The van der Waals surface area contributed by atoms with Crippen molar-refractivity contribution in [3.8, 4) is 45.3 Å². The van der Waals surface area contributed by atoms with Crippen molar-refractivity contribution in [3.05, 3.63) is 209 Å². The molecule has 0 bridgehead atoms. The molecule has 0 amide bonds. The highest BCUT2D eigenvalue weighted by Crippen LogP contribution is 2.57. The molecular formula is C68H68N6. The van der Waals surface area contributed by atoms with Crippen molar-refractivity contribution in [2.75, 3.05) is 9.80 Å². The van der Waals surface area contributed by atoms with Crippen molar-refractivity contribution in [2.24, 2.45) is 0 Å². The van der Waals surface area contributed by atoms with Crippen molar-refractivity contribution in [3.63, 3.8) is 0 Å². The molecule has 9 aromatic rings. The van der Waals surface area contributed by atoms with Crippen LogP contribution in [0, 0.1) is 111 Å². The van der Waals surface area contributed by atoms with Crippen LogP contribution in [-0.4, -0.2) is 19.9 Å². The van der Waals surface area contributed by atoms with Crippen LogP contribution < -0.4 is 9.80 Å². The molecule has 2 aliphatic rings. The Bertz CT molecular complexity index is 3650. The molecule has 0 aliphatic carbocycles. The first-order valence-electron chi connectivity index (χ1n) is 26.3. The molecule has 0 radical (unpaired) electrons. The number of aromatic nitrogens is 4. The summed E-state index contributed by atoms with van der Waals surface area (Å²) in [5.41, 5.74) is 39.1. The Morgan fingerprint density at radius 3 is 1.00 bits per heavy atom. The third-order valence-electron chi connectivity index (χ3n) is 18.3. The maximum atomic E-state index is 5.33. The number of anilines is 6. The topological polar surface area (TPSA) is 58.0 Å². The Labute approximate surface area is 439 Å². The summed E-state index contributed by atoms with van der Waals surface area (Å²) in [6.45, 7) is 37.1. The Kier molecular flexibility index (Phi) is 11.8. The fourth-order valence-electron chi connectivity index (χ4n) is 12.4. The fraction of sp³-hybridized carbons (Fsp3) is 0.265. The summed E-state index contributed by atoms with van der Waals surface area (Å²) in [6, 6.07) is 29.7. The van der Waals surface area contributed by atoms with Crippen LogP contribution in [0.5, 0.6) is 0 Å². The van der Waals surface area contributed by atoms with Crippen LogP contribution in [0.3, 0.4) is 0 Å².